The third-order valence-corrected chi connectivity index (χ3v) is 3.22. The summed E-state index contributed by atoms with van der Waals surface area (Å²) in [5, 5.41) is 7.67. The standard InChI is InChI=1S/C7H11ClN2O2S/c1-3-7(4-9)13(11,12)10-5-6(2)8/h7,10H,2-3,5H2,1H3. The van der Waals surface area contributed by atoms with Gasteiger partial charge in [0.1, 0.15) is 0 Å². The van der Waals surface area contributed by atoms with Crippen LogP contribution in [0.25, 0.3) is 0 Å². The molecule has 0 spiro atoms. The van der Waals surface area contributed by atoms with E-state index in [0.717, 1.165) is 0 Å². The van der Waals surface area contributed by atoms with Crippen LogP contribution in [0.3, 0.4) is 0 Å². The number of hydrogen-bond donors (Lipinski definition) is 1. The highest BCUT2D eigenvalue weighted by Crippen LogP contribution is 2.03. The summed E-state index contributed by atoms with van der Waals surface area (Å²) in [4.78, 5) is 0. The summed E-state index contributed by atoms with van der Waals surface area (Å²) in [6.07, 6.45) is 0.251. The lowest BCUT2D eigenvalue weighted by molar-refractivity contribution is 0.576. The van der Waals surface area contributed by atoms with Crippen LogP contribution in [0.4, 0.5) is 0 Å². The van der Waals surface area contributed by atoms with E-state index in [1.165, 1.54) is 0 Å². The maximum atomic E-state index is 11.3. The number of hydrogen-bond acceptors (Lipinski definition) is 3. The second-order valence-corrected chi connectivity index (χ2v) is 4.89. The smallest absolute Gasteiger partial charge is 0.211 e. The fourth-order valence-electron chi connectivity index (χ4n) is 0.660. The molecule has 0 aliphatic heterocycles. The molecule has 0 saturated heterocycles. The Morgan fingerprint density at radius 2 is 2.31 bits per heavy atom. The van der Waals surface area contributed by atoms with Crippen molar-refractivity contribution in [3.63, 3.8) is 0 Å². The summed E-state index contributed by atoms with van der Waals surface area (Å²) in [5.41, 5.74) is 0. The monoisotopic (exact) mass is 222 g/mol. The van der Waals surface area contributed by atoms with E-state index in [-0.39, 0.29) is 18.0 Å². The summed E-state index contributed by atoms with van der Waals surface area (Å²) in [6.45, 7) is 4.91. The van der Waals surface area contributed by atoms with Gasteiger partial charge in [0.15, 0.2) is 5.25 Å². The molecule has 0 fully saturated rings. The third-order valence-electron chi connectivity index (χ3n) is 1.35. The Labute approximate surface area is 83.2 Å². The Morgan fingerprint density at radius 1 is 1.77 bits per heavy atom. The molecule has 1 unspecified atom stereocenters. The molecule has 0 aromatic heterocycles. The minimum absolute atomic E-state index is 0.0396. The van der Waals surface area contributed by atoms with Crippen LogP contribution in [0, 0.1) is 11.3 Å². The summed E-state index contributed by atoms with van der Waals surface area (Å²) in [7, 11) is -3.57. The Bertz CT molecular complexity index is 318. The van der Waals surface area contributed by atoms with E-state index in [9.17, 15) is 8.42 Å². The lowest BCUT2D eigenvalue weighted by atomic mass is 10.4. The summed E-state index contributed by atoms with van der Waals surface area (Å²) in [5.74, 6) is 0. The molecule has 0 bridgehead atoms. The molecule has 4 nitrogen and oxygen atoms in total. The molecule has 0 heterocycles. The highest BCUT2D eigenvalue weighted by molar-refractivity contribution is 7.90. The van der Waals surface area contributed by atoms with Crippen molar-refractivity contribution in [2.24, 2.45) is 0 Å². The third kappa shape index (κ3) is 4.27. The average Bonchev–Trinajstić information content (AvgIpc) is 2.03. The van der Waals surface area contributed by atoms with E-state index in [1.807, 2.05) is 0 Å². The molecule has 0 saturated carbocycles. The van der Waals surface area contributed by atoms with Crippen molar-refractivity contribution in [2.45, 2.75) is 18.6 Å². The van der Waals surface area contributed by atoms with Gasteiger partial charge in [-0.3, -0.25) is 0 Å². The first kappa shape index (κ1) is 12.4. The van der Waals surface area contributed by atoms with Crippen molar-refractivity contribution in [1.29, 1.82) is 5.26 Å². The number of rotatable bonds is 5. The Kier molecular flexibility index (Phi) is 4.99. The van der Waals surface area contributed by atoms with E-state index >= 15 is 0 Å². The predicted molar refractivity (Wildman–Crippen MR) is 51.6 cm³/mol. The maximum Gasteiger partial charge on any atom is 0.228 e. The molecule has 74 valence electrons. The normalized spacial score (nSPS) is 13.3. The zero-order valence-electron chi connectivity index (χ0n) is 7.25. The van der Waals surface area contributed by atoms with Gasteiger partial charge in [0.05, 0.1) is 6.07 Å². The number of nitriles is 1. The van der Waals surface area contributed by atoms with Crippen LogP contribution in [0.1, 0.15) is 13.3 Å². The molecular weight excluding hydrogens is 212 g/mol. The average molecular weight is 223 g/mol. The first-order valence-electron chi connectivity index (χ1n) is 3.65. The van der Waals surface area contributed by atoms with Crippen LogP contribution < -0.4 is 4.72 Å². The second kappa shape index (κ2) is 5.22. The number of halogens is 1. The van der Waals surface area contributed by atoms with E-state index < -0.39 is 15.3 Å². The van der Waals surface area contributed by atoms with E-state index in [0.29, 0.717) is 0 Å². The first-order valence-corrected chi connectivity index (χ1v) is 5.57. The summed E-state index contributed by atoms with van der Waals surface area (Å²) >= 11 is 5.37. The topological polar surface area (TPSA) is 70.0 Å². The van der Waals surface area contributed by atoms with E-state index in [2.05, 4.69) is 11.3 Å². The molecule has 0 aromatic rings. The van der Waals surface area contributed by atoms with Crippen LogP contribution in [-0.4, -0.2) is 20.2 Å². The Balaban J connectivity index is 4.41. The Hall–Kier alpha value is -0.570. The highest BCUT2D eigenvalue weighted by atomic mass is 35.5. The Morgan fingerprint density at radius 3 is 2.62 bits per heavy atom. The SMILES string of the molecule is C=C(Cl)CNS(=O)(=O)C(C#N)CC. The fraction of sp³-hybridized carbons (Fsp3) is 0.571. The second-order valence-electron chi connectivity index (χ2n) is 2.41. The van der Waals surface area contributed by atoms with Crippen molar-refractivity contribution in [1.82, 2.24) is 4.72 Å². The van der Waals surface area contributed by atoms with Gasteiger partial charge in [0, 0.05) is 11.6 Å². The van der Waals surface area contributed by atoms with Gasteiger partial charge in [-0.2, -0.15) is 5.26 Å². The molecule has 0 radical (unpaired) electrons. The van der Waals surface area contributed by atoms with Crippen molar-refractivity contribution in [2.75, 3.05) is 6.54 Å². The molecule has 6 heteroatoms. The van der Waals surface area contributed by atoms with E-state index in [1.54, 1.807) is 13.0 Å². The van der Waals surface area contributed by atoms with Gasteiger partial charge in [-0.15, -0.1) is 0 Å². The maximum absolute atomic E-state index is 11.3. The van der Waals surface area contributed by atoms with Crippen LogP contribution in [-0.2, 0) is 10.0 Å². The summed E-state index contributed by atoms with van der Waals surface area (Å²) < 4.78 is 24.7. The van der Waals surface area contributed by atoms with Gasteiger partial charge >= 0.3 is 0 Å². The van der Waals surface area contributed by atoms with Gasteiger partial charge in [-0.25, -0.2) is 13.1 Å². The minimum atomic E-state index is -3.57. The highest BCUT2D eigenvalue weighted by Gasteiger charge is 2.22. The van der Waals surface area contributed by atoms with Crippen LogP contribution in [0.5, 0.6) is 0 Å². The first-order chi connectivity index (χ1) is 5.94. The molecule has 0 rings (SSSR count). The fourth-order valence-corrected chi connectivity index (χ4v) is 1.96. The zero-order chi connectivity index (χ0) is 10.5. The van der Waals surface area contributed by atoms with E-state index in [4.69, 9.17) is 16.9 Å². The van der Waals surface area contributed by atoms with Crippen molar-refractivity contribution in [3.05, 3.63) is 11.6 Å². The molecule has 0 aliphatic carbocycles. The van der Waals surface area contributed by atoms with Crippen molar-refractivity contribution in [3.8, 4) is 6.07 Å². The van der Waals surface area contributed by atoms with Crippen LogP contribution in [0.15, 0.2) is 11.6 Å². The predicted octanol–water partition coefficient (Wildman–Crippen LogP) is 0.960. The van der Waals surface area contributed by atoms with Crippen LogP contribution >= 0.6 is 11.6 Å². The van der Waals surface area contributed by atoms with Crippen molar-refractivity contribution < 1.29 is 8.42 Å². The number of nitrogens with zero attached hydrogens (tertiary/aromatic N) is 1. The van der Waals surface area contributed by atoms with Crippen molar-refractivity contribution >= 4 is 21.6 Å². The lowest BCUT2D eigenvalue weighted by Gasteiger charge is -2.08. The van der Waals surface area contributed by atoms with Gasteiger partial charge in [-0.1, -0.05) is 25.1 Å². The zero-order valence-corrected chi connectivity index (χ0v) is 8.82. The lowest BCUT2D eigenvalue weighted by Crippen LogP contribution is -2.33. The van der Waals surface area contributed by atoms with Gasteiger partial charge in [0.2, 0.25) is 10.0 Å². The molecule has 1 atom stereocenters. The van der Waals surface area contributed by atoms with Gasteiger partial charge < -0.3 is 0 Å². The summed E-state index contributed by atoms with van der Waals surface area (Å²) in [6, 6.07) is 1.69. The largest absolute Gasteiger partial charge is 0.228 e. The molecule has 1 N–H and O–H groups in total. The van der Waals surface area contributed by atoms with Gasteiger partial charge in [-0.05, 0) is 6.42 Å². The quantitative estimate of drug-likeness (QED) is 0.753. The molecule has 0 amide bonds. The number of nitrogens with one attached hydrogen (secondary N) is 1. The molecule has 0 aliphatic rings. The molecule has 0 aromatic carbocycles. The minimum Gasteiger partial charge on any atom is -0.211 e. The van der Waals surface area contributed by atoms with Gasteiger partial charge in [0.25, 0.3) is 0 Å². The number of sulfonamides is 1. The van der Waals surface area contributed by atoms with Crippen LogP contribution in [0.2, 0.25) is 0 Å². The molecular formula is C7H11ClN2O2S. The molecule has 13 heavy (non-hydrogen) atoms.